The number of amides is 1. The van der Waals surface area contributed by atoms with Crippen molar-refractivity contribution in [2.45, 2.75) is 18.9 Å². The van der Waals surface area contributed by atoms with Gasteiger partial charge in [0.05, 0.1) is 21.9 Å². The lowest BCUT2D eigenvalue weighted by Gasteiger charge is -2.07. The Morgan fingerprint density at radius 2 is 2.16 bits per heavy atom. The highest BCUT2D eigenvalue weighted by Crippen LogP contribution is 2.28. The van der Waals surface area contributed by atoms with Crippen molar-refractivity contribution in [3.63, 3.8) is 0 Å². The number of nitro groups is 1. The maximum Gasteiger partial charge on any atom is 0.289 e. The van der Waals surface area contributed by atoms with E-state index >= 15 is 0 Å². The lowest BCUT2D eigenvalue weighted by Crippen LogP contribution is -2.14. The van der Waals surface area contributed by atoms with Gasteiger partial charge in [-0.3, -0.25) is 14.9 Å². The molecule has 0 radical (unpaired) electrons. The molecular formula is C15H12ClN5O3S. The molecule has 1 N–H and O–H groups in total. The van der Waals surface area contributed by atoms with E-state index in [0.29, 0.717) is 21.8 Å². The fraction of sp³-hybridized carbons (Fsp3) is 0.200. The van der Waals surface area contributed by atoms with E-state index in [4.69, 9.17) is 11.6 Å². The average molecular weight is 378 g/mol. The van der Waals surface area contributed by atoms with Crippen LogP contribution in [-0.4, -0.2) is 26.8 Å². The summed E-state index contributed by atoms with van der Waals surface area (Å²) in [5.74, 6) is -0.423. The van der Waals surface area contributed by atoms with Gasteiger partial charge in [-0.05, 0) is 31.5 Å². The summed E-state index contributed by atoms with van der Waals surface area (Å²) in [6.45, 7) is 3.51. The second kappa shape index (κ2) is 7.92. The zero-order valence-corrected chi connectivity index (χ0v) is 14.8. The molecule has 1 amide bonds. The Kier molecular flexibility index (Phi) is 5.90. The number of hydrogen-bond donors (Lipinski definition) is 1. The number of hydrogen-bond acceptors (Lipinski definition) is 7. The van der Waals surface area contributed by atoms with Crippen molar-refractivity contribution >= 4 is 40.6 Å². The number of rotatable bonds is 5. The topological polar surface area (TPSA) is 122 Å². The third-order valence-electron chi connectivity index (χ3n) is 3.30. The molecule has 25 heavy (non-hydrogen) atoms. The van der Waals surface area contributed by atoms with Gasteiger partial charge < -0.3 is 5.32 Å². The van der Waals surface area contributed by atoms with Crippen molar-refractivity contribution in [2.75, 3.05) is 11.1 Å². The van der Waals surface area contributed by atoms with Gasteiger partial charge in [0, 0.05) is 11.8 Å². The number of thioether (sulfide) groups is 1. The first-order chi connectivity index (χ1) is 11.8. The number of anilines is 1. The van der Waals surface area contributed by atoms with Gasteiger partial charge in [-0.15, -0.1) is 5.10 Å². The lowest BCUT2D eigenvalue weighted by molar-refractivity contribution is -0.384. The normalized spacial score (nSPS) is 10.2. The number of benzene rings is 1. The van der Waals surface area contributed by atoms with Crippen LogP contribution >= 0.6 is 23.4 Å². The van der Waals surface area contributed by atoms with Crippen molar-refractivity contribution in [1.29, 1.82) is 5.26 Å². The summed E-state index contributed by atoms with van der Waals surface area (Å²) in [6.07, 6.45) is 0. The van der Waals surface area contributed by atoms with Crippen molar-refractivity contribution in [1.82, 2.24) is 10.2 Å². The van der Waals surface area contributed by atoms with Crippen molar-refractivity contribution in [2.24, 2.45) is 0 Å². The highest BCUT2D eigenvalue weighted by atomic mass is 35.5. The Morgan fingerprint density at radius 1 is 1.44 bits per heavy atom. The largest absolute Gasteiger partial charge is 0.325 e. The van der Waals surface area contributed by atoms with Gasteiger partial charge in [-0.25, -0.2) is 0 Å². The van der Waals surface area contributed by atoms with E-state index < -0.39 is 10.8 Å². The van der Waals surface area contributed by atoms with Crippen LogP contribution in [-0.2, 0) is 4.79 Å². The number of nitrogens with one attached hydrogen (secondary N) is 1. The highest BCUT2D eigenvalue weighted by Gasteiger charge is 2.16. The van der Waals surface area contributed by atoms with Gasteiger partial charge in [0.25, 0.3) is 5.69 Å². The van der Waals surface area contributed by atoms with Crippen LogP contribution in [0.25, 0.3) is 0 Å². The molecule has 1 aromatic heterocycles. The van der Waals surface area contributed by atoms with Gasteiger partial charge in [0.1, 0.15) is 16.1 Å². The first kappa shape index (κ1) is 18.6. The van der Waals surface area contributed by atoms with E-state index in [1.807, 2.05) is 0 Å². The minimum Gasteiger partial charge on any atom is -0.325 e. The SMILES string of the molecule is Cc1nnc(SCC(=O)Nc2ccc(Cl)c([N+](=O)[O-])c2)c(C#N)c1C. The molecule has 0 fully saturated rings. The van der Waals surface area contributed by atoms with Crippen LogP contribution in [0.2, 0.25) is 5.02 Å². The van der Waals surface area contributed by atoms with E-state index in [0.717, 1.165) is 11.8 Å². The molecule has 0 spiro atoms. The third-order valence-corrected chi connectivity index (χ3v) is 4.59. The molecular weight excluding hydrogens is 366 g/mol. The number of halogens is 1. The Bertz CT molecular complexity index is 897. The number of nitriles is 1. The molecule has 0 aliphatic rings. The zero-order chi connectivity index (χ0) is 18.6. The van der Waals surface area contributed by atoms with Crippen LogP contribution in [0.15, 0.2) is 23.2 Å². The number of nitro benzene ring substituents is 1. The molecule has 128 valence electrons. The molecule has 0 bridgehead atoms. The number of carbonyl (C=O) groups excluding carboxylic acids is 1. The second-order valence-electron chi connectivity index (χ2n) is 4.96. The predicted octanol–water partition coefficient (Wildman–Crippen LogP) is 3.26. The average Bonchev–Trinajstić information content (AvgIpc) is 2.57. The zero-order valence-electron chi connectivity index (χ0n) is 13.2. The maximum absolute atomic E-state index is 12.0. The maximum atomic E-state index is 12.0. The van der Waals surface area contributed by atoms with Gasteiger partial charge >= 0.3 is 0 Å². The summed E-state index contributed by atoms with van der Waals surface area (Å²) in [7, 11) is 0. The Hall–Kier alpha value is -2.70. The first-order valence-electron chi connectivity index (χ1n) is 6.94. The molecule has 1 heterocycles. The van der Waals surface area contributed by atoms with Crippen LogP contribution in [0.3, 0.4) is 0 Å². The van der Waals surface area contributed by atoms with Crippen LogP contribution < -0.4 is 5.32 Å². The van der Waals surface area contributed by atoms with Gasteiger partial charge in [0.15, 0.2) is 0 Å². The highest BCUT2D eigenvalue weighted by molar-refractivity contribution is 8.00. The van der Waals surface area contributed by atoms with E-state index in [1.165, 1.54) is 18.2 Å². The molecule has 0 saturated carbocycles. The molecule has 0 aliphatic heterocycles. The summed E-state index contributed by atoms with van der Waals surface area (Å²) in [5.41, 5.74) is 1.72. The summed E-state index contributed by atoms with van der Waals surface area (Å²) in [5, 5.41) is 30.9. The van der Waals surface area contributed by atoms with E-state index in [9.17, 15) is 20.2 Å². The number of carbonyl (C=O) groups is 1. The van der Waals surface area contributed by atoms with Crippen molar-refractivity contribution < 1.29 is 9.72 Å². The molecule has 1 aromatic carbocycles. The summed E-state index contributed by atoms with van der Waals surface area (Å²) < 4.78 is 0. The summed E-state index contributed by atoms with van der Waals surface area (Å²) in [4.78, 5) is 22.3. The Morgan fingerprint density at radius 3 is 2.80 bits per heavy atom. The molecule has 0 unspecified atom stereocenters. The first-order valence-corrected chi connectivity index (χ1v) is 8.30. The van der Waals surface area contributed by atoms with Crippen molar-refractivity contribution in [3.05, 3.63) is 50.2 Å². The molecule has 0 aliphatic carbocycles. The molecule has 10 heteroatoms. The Labute approximate surface area is 152 Å². The van der Waals surface area contributed by atoms with Crippen LogP contribution in [0.4, 0.5) is 11.4 Å². The minimum absolute atomic E-state index is 0.0126. The molecule has 2 rings (SSSR count). The smallest absolute Gasteiger partial charge is 0.289 e. The van der Waals surface area contributed by atoms with Crippen LogP contribution in [0.5, 0.6) is 0 Å². The molecule has 2 aromatic rings. The number of nitrogens with zero attached hydrogens (tertiary/aromatic N) is 4. The van der Waals surface area contributed by atoms with Crippen LogP contribution in [0.1, 0.15) is 16.8 Å². The van der Waals surface area contributed by atoms with Gasteiger partial charge in [0.2, 0.25) is 5.91 Å². The van der Waals surface area contributed by atoms with Crippen molar-refractivity contribution in [3.8, 4) is 6.07 Å². The van der Waals surface area contributed by atoms with E-state index in [2.05, 4.69) is 21.6 Å². The minimum atomic E-state index is -0.628. The summed E-state index contributed by atoms with van der Waals surface area (Å²) >= 11 is 6.79. The molecule has 8 nitrogen and oxygen atoms in total. The lowest BCUT2D eigenvalue weighted by atomic mass is 10.1. The number of aromatic nitrogens is 2. The fourth-order valence-corrected chi connectivity index (χ4v) is 2.85. The number of aryl methyl sites for hydroxylation is 1. The third kappa shape index (κ3) is 4.43. The van der Waals surface area contributed by atoms with E-state index in [-0.39, 0.29) is 22.2 Å². The predicted molar refractivity (Wildman–Crippen MR) is 93.7 cm³/mol. The monoisotopic (exact) mass is 377 g/mol. The molecule has 0 saturated heterocycles. The fourth-order valence-electron chi connectivity index (χ4n) is 1.88. The van der Waals surface area contributed by atoms with Crippen LogP contribution in [0, 0.1) is 35.3 Å². The Balaban J connectivity index is 2.07. The van der Waals surface area contributed by atoms with Gasteiger partial charge in [-0.1, -0.05) is 23.4 Å². The quantitative estimate of drug-likeness (QED) is 0.482. The standard InChI is InChI=1S/C15H12ClN5O3S/c1-8-9(2)19-20-15(11(8)6-17)25-7-14(22)18-10-3-4-12(16)13(5-10)21(23)24/h3-5H,7H2,1-2H3,(H,18,22). The van der Waals surface area contributed by atoms with E-state index in [1.54, 1.807) is 13.8 Å². The summed E-state index contributed by atoms with van der Waals surface area (Å²) in [6, 6.07) is 6.05. The second-order valence-corrected chi connectivity index (χ2v) is 6.33. The van der Waals surface area contributed by atoms with Gasteiger partial charge in [-0.2, -0.15) is 10.4 Å². The molecule has 0 atom stereocenters.